The van der Waals surface area contributed by atoms with Crippen molar-refractivity contribution in [2.24, 2.45) is 0 Å². The van der Waals surface area contributed by atoms with Gasteiger partial charge in [-0.2, -0.15) is 8.78 Å². The third-order valence-corrected chi connectivity index (χ3v) is 2.97. The molecule has 0 spiro atoms. The standard InChI is InChI=1S/C15H11F2NO4/c16-15(17)22-11-4-2-10(3-5-11)18-14(19)9-1-6-12-13(7-9)21-8-20-12/h1-7,15H,8H2,(H,18,19). The highest BCUT2D eigenvalue weighted by atomic mass is 19.3. The maximum atomic E-state index is 12.1. The third-order valence-electron chi connectivity index (χ3n) is 2.97. The monoisotopic (exact) mass is 307 g/mol. The number of amides is 1. The molecular formula is C15H11F2NO4. The van der Waals surface area contributed by atoms with E-state index in [-0.39, 0.29) is 18.4 Å². The Morgan fingerprint density at radius 2 is 1.82 bits per heavy atom. The number of carbonyl (C=O) groups excluding carboxylic acids is 1. The first kappa shape index (κ1) is 14.1. The summed E-state index contributed by atoms with van der Waals surface area (Å²) in [5, 5.41) is 2.65. The fourth-order valence-electron chi connectivity index (χ4n) is 1.96. The van der Waals surface area contributed by atoms with Crippen LogP contribution in [0.3, 0.4) is 0 Å². The van der Waals surface area contributed by atoms with Gasteiger partial charge >= 0.3 is 6.61 Å². The number of rotatable bonds is 4. The van der Waals surface area contributed by atoms with Gasteiger partial charge in [-0.3, -0.25) is 4.79 Å². The van der Waals surface area contributed by atoms with Gasteiger partial charge in [-0.05, 0) is 42.5 Å². The summed E-state index contributed by atoms with van der Waals surface area (Å²) < 4.78 is 38.7. The summed E-state index contributed by atoms with van der Waals surface area (Å²) in [6, 6.07) is 10.5. The molecule has 7 heteroatoms. The van der Waals surface area contributed by atoms with Crippen LogP contribution < -0.4 is 19.5 Å². The summed E-state index contributed by atoms with van der Waals surface area (Å²) in [5.41, 5.74) is 0.862. The van der Waals surface area contributed by atoms with Gasteiger partial charge in [-0.25, -0.2) is 0 Å². The summed E-state index contributed by atoms with van der Waals surface area (Å²) in [5.74, 6) is 0.773. The topological polar surface area (TPSA) is 56.8 Å². The van der Waals surface area contributed by atoms with Crippen LogP contribution in [0.2, 0.25) is 0 Å². The lowest BCUT2D eigenvalue weighted by molar-refractivity contribution is -0.0498. The Labute approximate surface area is 124 Å². The summed E-state index contributed by atoms with van der Waals surface area (Å²) in [4.78, 5) is 12.1. The molecule has 0 aromatic heterocycles. The maximum Gasteiger partial charge on any atom is 0.387 e. The SMILES string of the molecule is O=C(Nc1ccc(OC(F)F)cc1)c1ccc2c(c1)OCO2. The Morgan fingerprint density at radius 3 is 2.55 bits per heavy atom. The van der Waals surface area contributed by atoms with Crippen LogP contribution in [0.25, 0.3) is 0 Å². The van der Waals surface area contributed by atoms with Crippen LogP contribution in [0.5, 0.6) is 17.2 Å². The molecule has 0 bridgehead atoms. The average molecular weight is 307 g/mol. The third kappa shape index (κ3) is 3.08. The molecule has 1 N–H and O–H groups in total. The fraction of sp³-hybridized carbons (Fsp3) is 0.133. The van der Waals surface area contributed by atoms with Crippen LogP contribution in [0.1, 0.15) is 10.4 Å². The second kappa shape index (κ2) is 5.88. The van der Waals surface area contributed by atoms with E-state index in [1.165, 1.54) is 24.3 Å². The van der Waals surface area contributed by atoms with Crippen molar-refractivity contribution >= 4 is 11.6 Å². The molecule has 1 aliphatic heterocycles. The number of halogens is 2. The molecular weight excluding hydrogens is 296 g/mol. The summed E-state index contributed by atoms with van der Waals surface area (Å²) >= 11 is 0. The Bertz CT molecular complexity index is 688. The van der Waals surface area contributed by atoms with Crippen molar-refractivity contribution in [2.75, 3.05) is 12.1 Å². The lowest BCUT2D eigenvalue weighted by atomic mass is 10.2. The van der Waals surface area contributed by atoms with E-state index in [0.717, 1.165) is 0 Å². The number of benzene rings is 2. The van der Waals surface area contributed by atoms with Crippen molar-refractivity contribution in [3.8, 4) is 17.2 Å². The van der Waals surface area contributed by atoms with E-state index in [1.54, 1.807) is 18.2 Å². The molecule has 2 aromatic rings. The molecule has 1 heterocycles. The molecule has 5 nitrogen and oxygen atoms in total. The molecule has 2 aromatic carbocycles. The first-order chi connectivity index (χ1) is 10.6. The lowest BCUT2D eigenvalue weighted by Gasteiger charge is -2.08. The van der Waals surface area contributed by atoms with Crippen molar-refractivity contribution in [3.05, 3.63) is 48.0 Å². The number of ether oxygens (including phenoxy) is 3. The average Bonchev–Trinajstić information content (AvgIpc) is 2.96. The van der Waals surface area contributed by atoms with Crippen LogP contribution in [0, 0.1) is 0 Å². The molecule has 0 aliphatic carbocycles. The minimum Gasteiger partial charge on any atom is -0.454 e. The first-order valence-corrected chi connectivity index (χ1v) is 6.38. The van der Waals surface area contributed by atoms with Gasteiger partial charge in [0.1, 0.15) is 5.75 Å². The zero-order valence-electron chi connectivity index (χ0n) is 11.2. The van der Waals surface area contributed by atoms with Crippen LogP contribution in [0.4, 0.5) is 14.5 Å². The summed E-state index contributed by atoms with van der Waals surface area (Å²) in [6.07, 6.45) is 0. The van der Waals surface area contributed by atoms with E-state index in [1.807, 2.05) is 0 Å². The number of alkyl halides is 2. The molecule has 0 fully saturated rings. The number of hydrogen-bond acceptors (Lipinski definition) is 4. The van der Waals surface area contributed by atoms with Crippen molar-refractivity contribution < 1.29 is 27.8 Å². The molecule has 114 valence electrons. The maximum absolute atomic E-state index is 12.1. The zero-order chi connectivity index (χ0) is 15.5. The molecule has 22 heavy (non-hydrogen) atoms. The number of hydrogen-bond donors (Lipinski definition) is 1. The fourth-order valence-corrected chi connectivity index (χ4v) is 1.96. The van der Waals surface area contributed by atoms with Crippen molar-refractivity contribution in [2.45, 2.75) is 6.61 Å². The van der Waals surface area contributed by atoms with E-state index >= 15 is 0 Å². The highest BCUT2D eigenvalue weighted by molar-refractivity contribution is 6.04. The second-order valence-electron chi connectivity index (χ2n) is 4.43. The Morgan fingerprint density at radius 1 is 1.09 bits per heavy atom. The molecule has 1 aliphatic rings. The predicted octanol–water partition coefficient (Wildman–Crippen LogP) is 3.27. The van der Waals surface area contributed by atoms with Gasteiger partial charge in [0.15, 0.2) is 11.5 Å². The first-order valence-electron chi connectivity index (χ1n) is 6.38. The van der Waals surface area contributed by atoms with Gasteiger partial charge in [0, 0.05) is 11.3 Å². The van der Waals surface area contributed by atoms with Gasteiger partial charge in [0.2, 0.25) is 6.79 Å². The Balaban J connectivity index is 1.68. The lowest BCUT2D eigenvalue weighted by Crippen LogP contribution is -2.11. The van der Waals surface area contributed by atoms with Gasteiger partial charge < -0.3 is 19.5 Å². The van der Waals surface area contributed by atoms with E-state index < -0.39 is 6.61 Å². The molecule has 0 unspecified atom stereocenters. The van der Waals surface area contributed by atoms with E-state index in [0.29, 0.717) is 22.7 Å². The van der Waals surface area contributed by atoms with Crippen LogP contribution in [0.15, 0.2) is 42.5 Å². The van der Waals surface area contributed by atoms with Gasteiger partial charge in [0.05, 0.1) is 0 Å². The number of nitrogens with one attached hydrogen (secondary N) is 1. The molecule has 0 saturated carbocycles. The molecule has 0 atom stereocenters. The largest absolute Gasteiger partial charge is 0.454 e. The normalized spacial score (nSPS) is 12.3. The smallest absolute Gasteiger partial charge is 0.387 e. The number of fused-ring (bicyclic) bond motifs is 1. The molecule has 0 saturated heterocycles. The number of anilines is 1. The minimum absolute atomic E-state index is 0.0241. The van der Waals surface area contributed by atoms with E-state index in [9.17, 15) is 13.6 Å². The van der Waals surface area contributed by atoms with E-state index in [4.69, 9.17) is 9.47 Å². The highest BCUT2D eigenvalue weighted by Crippen LogP contribution is 2.32. The molecule has 0 radical (unpaired) electrons. The summed E-state index contributed by atoms with van der Waals surface area (Å²) in [6.45, 7) is -2.75. The van der Waals surface area contributed by atoms with Crippen LogP contribution >= 0.6 is 0 Å². The van der Waals surface area contributed by atoms with Gasteiger partial charge in [-0.1, -0.05) is 0 Å². The minimum atomic E-state index is -2.88. The Hall–Kier alpha value is -2.83. The molecule has 3 rings (SSSR count). The predicted molar refractivity (Wildman–Crippen MR) is 73.6 cm³/mol. The van der Waals surface area contributed by atoms with Gasteiger partial charge in [0.25, 0.3) is 5.91 Å². The van der Waals surface area contributed by atoms with Crippen molar-refractivity contribution in [1.82, 2.24) is 0 Å². The van der Waals surface area contributed by atoms with Crippen molar-refractivity contribution in [3.63, 3.8) is 0 Å². The summed E-state index contributed by atoms with van der Waals surface area (Å²) in [7, 11) is 0. The van der Waals surface area contributed by atoms with Crippen molar-refractivity contribution in [1.29, 1.82) is 0 Å². The highest BCUT2D eigenvalue weighted by Gasteiger charge is 2.16. The second-order valence-corrected chi connectivity index (χ2v) is 4.43. The zero-order valence-corrected chi connectivity index (χ0v) is 11.2. The van der Waals surface area contributed by atoms with Crippen LogP contribution in [-0.4, -0.2) is 19.3 Å². The molecule has 1 amide bonds. The van der Waals surface area contributed by atoms with Crippen LogP contribution in [-0.2, 0) is 0 Å². The Kier molecular flexibility index (Phi) is 3.78. The van der Waals surface area contributed by atoms with E-state index in [2.05, 4.69) is 10.1 Å². The number of carbonyl (C=O) groups is 1. The quantitative estimate of drug-likeness (QED) is 0.942. The van der Waals surface area contributed by atoms with Gasteiger partial charge in [-0.15, -0.1) is 0 Å².